The zero-order valence-corrected chi connectivity index (χ0v) is 12.8. The fourth-order valence-electron chi connectivity index (χ4n) is 4.31. The molecule has 0 saturated heterocycles. The van der Waals surface area contributed by atoms with E-state index in [-0.39, 0.29) is 0 Å². The molecule has 2 fully saturated rings. The maximum Gasteiger partial charge on any atom is 0.00955 e. The Labute approximate surface area is 114 Å². The molecule has 0 aromatic heterocycles. The smallest absolute Gasteiger partial charge is 0.00955 e. The van der Waals surface area contributed by atoms with Gasteiger partial charge in [-0.1, -0.05) is 40.0 Å². The standard InChI is InChI=1S/C17H33N/c1-4-16(15-8-6-5-7-9-15)18-17-11-10-13(2)12-14(17)3/h13-18H,4-12H2,1-3H3. The van der Waals surface area contributed by atoms with Gasteiger partial charge < -0.3 is 5.32 Å². The highest BCUT2D eigenvalue weighted by Crippen LogP contribution is 2.32. The minimum atomic E-state index is 0.797. The minimum absolute atomic E-state index is 0.797. The van der Waals surface area contributed by atoms with Crippen LogP contribution in [0.1, 0.15) is 78.6 Å². The largest absolute Gasteiger partial charge is 0.311 e. The Hall–Kier alpha value is -0.0400. The summed E-state index contributed by atoms with van der Waals surface area (Å²) in [5.74, 6) is 2.80. The Morgan fingerprint density at radius 3 is 2.33 bits per heavy atom. The summed E-state index contributed by atoms with van der Waals surface area (Å²) >= 11 is 0. The van der Waals surface area contributed by atoms with E-state index in [9.17, 15) is 0 Å². The summed E-state index contributed by atoms with van der Waals surface area (Å²) in [6.07, 6.45) is 13.0. The van der Waals surface area contributed by atoms with Crippen molar-refractivity contribution in [2.24, 2.45) is 17.8 Å². The Bertz CT molecular complexity index is 232. The van der Waals surface area contributed by atoms with Crippen LogP contribution in [0.5, 0.6) is 0 Å². The van der Waals surface area contributed by atoms with Gasteiger partial charge in [-0.15, -0.1) is 0 Å². The lowest BCUT2D eigenvalue weighted by Crippen LogP contribution is -2.47. The molecule has 0 aliphatic heterocycles. The van der Waals surface area contributed by atoms with Crippen molar-refractivity contribution in [2.45, 2.75) is 90.6 Å². The van der Waals surface area contributed by atoms with Crippen molar-refractivity contribution in [3.8, 4) is 0 Å². The van der Waals surface area contributed by atoms with Crippen LogP contribution in [-0.4, -0.2) is 12.1 Å². The van der Waals surface area contributed by atoms with Gasteiger partial charge in [0.05, 0.1) is 0 Å². The molecule has 0 radical (unpaired) electrons. The van der Waals surface area contributed by atoms with Gasteiger partial charge in [0, 0.05) is 12.1 Å². The second-order valence-corrected chi connectivity index (χ2v) is 7.08. The third-order valence-electron chi connectivity index (χ3n) is 5.52. The molecular weight excluding hydrogens is 218 g/mol. The van der Waals surface area contributed by atoms with Gasteiger partial charge >= 0.3 is 0 Å². The molecule has 2 rings (SSSR count). The van der Waals surface area contributed by atoms with Crippen molar-refractivity contribution in [1.82, 2.24) is 5.32 Å². The van der Waals surface area contributed by atoms with Crippen molar-refractivity contribution in [3.05, 3.63) is 0 Å². The zero-order valence-electron chi connectivity index (χ0n) is 12.8. The van der Waals surface area contributed by atoms with Crippen molar-refractivity contribution in [3.63, 3.8) is 0 Å². The van der Waals surface area contributed by atoms with Crippen LogP contribution in [0.4, 0.5) is 0 Å². The molecule has 1 heteroatoms. The van der Waals surface area contributed by atoms with Crippen molar-refractivity contribution in [1.29, 1.82) is 0 Å². The van der Waals surface area contributed by atoms with Crippen LogP contribution >= 0.6 is 0 Å². The molecule has 0 aromatic rings. The zero-order chi connectivity index (χ0) is 13.0. The first-order valence-corrected chi connectivity index (χ1v) is 8.46. The predicted molar refractivity (Wildman–Crippen MR) is 79.8 cm³/mol. The van der Waals surface area contributed by atoms with E-state index in [0.717, 1.165) is 29.8 Å². The lowest BCUT2D eigenvalue weighted by atomic mass is 9.77. The molecule has 4 unspecified atom stereocenters. The molecule has 0 heterocycles. The normalized spacial score (nSPS) is 36.5. The first kappa shape index (κ1) is 14.4. The SMILES string of the molecule is CCC(NC1CCC(C)CC1C)C1CCCCC1. The van der Waals surface area contributed by atoms with Gasteiger partial charge in [0.25, 0.3) is 0 Å². The first-order valence-electron chi connectivity index (χ1n) is 8.46. The fourth-order valence-corrected chi connectivity index (χ4v) is 4.31. The highest BCUT2D eigenvalue weighted by atomic mass is 15.0. The van der Waals surface area contributed by atoms with E-state index < -0.39 is 0 Å². The quantitative estimate of drug-likeness (QED) is 0.759. The number of hydrogen-bond donors (Lipinski definition) is 1. The van der Waals surface area contributed by atoms with Crippen LogP contribution < -0.4 is 5.32 Å². The molecule has 2 aliphatic carbocycles. The summed E-state index contributed by atoms with van der Waals surface area (Å²) in [7, 11) is 0. The minimum Gasteiger partial charge on any atom is -0.311 e. The maximum atomic E-state index is 4.05. The van der Waals surface area contributed by atoms with E-state index in [2.05, 4.69) is 26.1 Å². The number of rotatable bonds is 4. The maximum absolute atomic E-state index is 4.05. The van der Waals surface area contributed by atoms with E-state index in [1.165, 1.54) is 57.8 Å². The second kappa shape index (κ2) is 6.93. The summed E-state index contributed by atoms with van der Waals surface area (Å²) in [4.78, 5) is 0. The molecule has 0 bridgehead atoms. The third kappa shape index (κ3) is 3.73. The van der Waals surface area contributed by atoms with Crippen LogP contribution in [0.3, 0.4) is 0 Å². The highest BCUT2D eigenvalue weighted by molar-refractivity contribution is 4.86. The number of hydrogen-bond acceptors (Lipinski definition) is 1. The predicted octanol–water partition coefficient (Wildman–Crippen LogP) is 4.76. The van der Waals surface area contributed by atoms with Crippen LogP contribution in [-0.2, 0) is 0 Å². The van der Waals surface area contributed by atoms with Gasteiger partial charge in [-0.25, -0.2) is 0 Å². The molecule has 0 aromatic carbocycles. The average molecular weight is 251 g/mol. The molecular formula is C17H33N. The van der Waals surface area contributed by atoms with Gasteiger partial charge in [-0.05, 0) is 56.3 Å². The van der Waals surface area contributed by atoms with E-state index >= 15 is 0 Å². The van der Waals surface area contributed by atoms with Gasteiger partial charge in [0.15, 0.2) is 0 Å². The Morgan fingerprint density at radius 1 is 1.00 bits per heavy atom. The molecule has 0 amide bonds. The first-order chi connectivity index (χ1) is 8.70. The molecule has 106 valence electrons. The van der Waals surface area contributed by atoms with Crippen LogP contribution in [0.25, 0.3) is 0 Å². The third-order valence-corrected chi connectivity index (χ3v) is 5.52. The lowest BCUT2D eigenvalue weighted by Gasteiger charge is -2.39. The Balaban J connectivity index is 1.85. The summed E-state index contributed by atoms with van der Waals surface area (Å²) in [6, 6.07) is 1.60. The van der Waals surface area contributed by atoms with Gasteiger partial charge in [-0.2, -0.15) is 0 Å². The average Bonchev–Trinajstić information content (AvgIpc) is 2.39. The lowest BCUT2D eigenvalue weighted by molar-refractivity contribution is 0.175. The molecule has 2 aliphatic rings. The Morgan fingerprint density at radius 2 is 1.72 bits per heavy atom. The van der Waals surface area contributed by atoms with Crippen molar-refractivity contribution < 1.29 is 0 Å². The summed E-state index contributed by atoms with van der Waals surface area (Å²) in [5.41, 5.74) is 0. The molecule has 1 nitrogen and oxygen atoms in total. The molecule has 1 N–H and O–H groups in total. The summed E-state index contributed by atoms with van der Waals surface area (Å²) < 4.78 is 0. The second-order valence-electron chi connectivity index (χ2n) is 7.08. The van der Waals surface area contributed by atoms with E-state index in [4.69, 9.17) is 0 Å². The molecule has 0 spiro atoms. The van der Waals surface area contributed by atoms with Gasteiger partial charge in [0.1, 0.15) is 0 Å². The number of nitrogens with one attached hydrogen (secondary N) is 1. The van der Waals surface area contributed by atoms with Gasteiger partial charge in [0.2, 0.25) is 0 Å². The van der Waals surface area contributed by atoms with E-state index in [1.807, 2.05) is 0 Å². The van der Waals surface area contributed by atoms with Crippen molar-refractivity contribution >= 4 is 0 Å². The van der Waals surface area contributed by atoms with E-state index in [1.54, 1.807) is 0 Å². The summed E-state index contributed by atoms with van der Waals surface area (Å²) in [5, 5.41) is 4.05. The molecule has 2 saturated carbocycles. The van der Waals surface area contributed by atoms with Crippen molar-refractivity contribution in [2.75, 3.05) is 0 Å². The highest BCUT2D eigenvalue weighted by Gasteiger charge is 2.29. The Kier molecular flexibility index (Phi) is 5.54. The molecule has 4 atom stereocenters. The fraction of sp³-hybridized carbons (Fsp3) is 1.00. The monoisotopic (exact) mass is 251 g/mol. The van der Waals surface area contributed by atoms with Gasteiger partial charge in [-0.3, -0.25) is 0 Å². The van der Waals surface area contributed by atoms with Crippen LogP contribution in [0.2, 0.25) is 0 Å². The summed E-state index contributed by atoms with van der Waals surface area (Å²) in [6.45, 7) is 7.26. The van der Waals surface area contributed by atoms with Crippen LogP contribution in [0.15, 0.2) is 0 Å². The van der Waals surface area contributed by atoms with E-state index in [0.29, 0.717) is 0 Å². The topological polar surface area (TPSA) is 12.0 Å². The van der Waals surface area contributed by atoms with Crippen LogP contribution in [0, 0.1) is 17.8 Å². The molecule has 18 heavy (non-hydrogen) atoms.